The molecule has 0 aliphatic carbocycles. The summed E-state index contributed by atoms with van der Waals surface area (Å²) in [7, 11) is 0. The summed E-state index contributed by atoms with van der Waals surface area (Å²) in [5.41, 5.74) is 0.965. The Balaban J connectivity index is 0.00000200. The van der Waals surface area contributed by atoms with Crippen molar-refractivity contribution in [1.29, 1.82) is 0 Å². The summed E-state index contributed by atoms with van der Waals surface area (Å²) in [4.78, 5) is 10.5. The standard InChI is InChI=1S/C25H26F3N7O.2ClH/c1-14(2)21-13-34(7-6-29-21)24-30-10-20(32-33-24)18-5-4-16(9-22(18)36)17-8-19(25(26,27)28)23-31-15(3)11-35(23)12-17;;/h4-5,8-12,14,21,29,36H,6-7,13H2,1-3H3;2*1H/t21-;;/m1../s1. The van der Waals surface area contributed by atoms with Crippen molar-refractivity contribution >= 4 is 36.4 Å². The van der Waals surface area contributed by atoms with Crippen LogP contribution in [0, 0.1) is 12.8 Å². The number of hydrogen-bond donors (Lipinski definition) is 2. The predicted molar refractivity (Wildman–Crippen MR) is 144 cm³/mol. The highest BCUT2D eigenvalue weighted by atomic mass is 35.5. The van der Waals surface area contributed by atoms with Gasteiger partial charge in [-0.25, -0.2) is 9.97 Å². The lowest BCUT2D eigenvalue weighted by Crippen LogP contribution is -2.53. The number of nitrogens with one attached hydrogen (secondary N) is 1. The van der Waals surface area contributed by atoms with Crippen LogP contribution in [0.15, 0.2) is 42.9 Å². The second-order valence-corrected chi connectivity index (χ2v) is 9.38. The Hall–Kier alpha value is -3.15. The molecule has 38 heavy (non-hydrogen) atoms. The number of anilines is 1. The van der Waals surface area contributed by atoms with Crippen LogP contribution in [0.1, 0.15) is 25.1 Å². The monoisotopic (exact) mass is 569 g/mol. The van der Waals surface area contributed by atoms with Crippen molar-refractivity contribution in [3.05, 3.63) is 54.1 Å². The number of alkyl halides is 3. The molecular weight excluding hydrogens is 542 g/mol. The van der Waals surface area contributed by atoms with Crippen molar-refractivity contribution in [3.8, 4) is 28.1 Å². The molecule has 0 radical (unpaired) electrons. The third kappa shape index (κ3) is 5.79. The molecule has 0 amide bonds. The number of phenols is 1. The highest BCUT2D eigenvalue weighted by Gasteiger charge is 2.34. The minimum absolute atomic E-state index is 0. The van der Waals surface area contributed by atoms with E-state index in [4.69, 9.17) is 0 Å². The average Bonchev–Trinajstić information content (AvgIpc) is 3.23. The fraction of sp³-hybridized carbons (Fsp3) is 0.360. The molecule has 0 bridgehead atoms. The molecule has 1 aliphatic rings. The van der Waals surface area contributed by atoms with Crippen molar-refractivity contribution in [2.75, 3.05) is 24.5 Å². The lowest BCUT2D eigenvalue weighted by molar-refractivity contribution is -0.136. The third-order valence-electron chi connectivity index (χ3n) is 6.43. The quantitative estimate of drug-likeness (QED) is 0.350. The Kier molecular flexibility index (Phi) is 8.75. The smallest absolute Gasteiger partial charge is 0.420 e. The highest BCUT2D eigenvalue weighted by Crippen LogP contribution is 2.37. The molecule has 204 valence electrons. The van der Waals surface area contributed by atoms with Gasteiger partial charge in [0.25, 0.3) is 0 Å². The number of piperazine rings is 1. The second kappa shape index (κ2) is 11.3. The molecule has 0 spiro atoms. The number of aryl methyl sites for hydroxylation is 1. The van der Waals surface area contributed by atoms with Gasteiger partial charge in [0.1, 0.15) is 17.1 Å². The lowest BCUT2D eigenvalue weighted by Gasteiger charge is -2.35. The van der Waals surface area contributed by atoms with E-state index < -0.39 is 11.7 Å². The molecule has 3 aromatic heterocycles. The van der Waals surface area contributed by atoms with E-state index in [2.05, 4.69) is 44.2 Å². The van der Waals surface area contributed by atoms with Gasteiger partial charge in [0, 0.05) is 43.6 Å². The van der Waals surface area contributed by atoms with Crippen LogP contribution in [0.5, 0.6) is 5.75 Å². The van der Waals surface area contributed by atoms with Gasteiger partial charge in [-0.2, -0.15) is 13.2 Å². The lowest BCUT2D eigenvalue weighted by atomic mass is 10.0. The van der Waals surface area contributed by atoms with Crippen LogP contribution in [0.3, 0.4) is 0 Å². The molecule has 5 rings (SSSR count). The first-order chi connectivity index (χ1) is 17.1. The van der Waals surface area contributed by atoms with E-state index >= 15 is 0 Å². The van der Waals surface area contributed by atoms with Gasteiger partial charge in [0.15, 0.2) is 0 Å². The van der Waals surface area contributed by atoms with Crippen molar-refractivity contribution in [3.63, 3.8) is 0 Å². The number of halogens is 5. The van der Waals surface area contributed by atoms with E-state index in [1.807, 2.05) is 0 Å². The Labute approximate surface area is 230 Å². The van der Waals surface area contributed by atoms with Crippen LogP contribution in [-0.2, 0) is 6.18 Å². The average molecular weight is 570 g/mol. The maximum absolute atomic E-state index is 13.7. The third-order valence-corrected chi connectivity index (χ3v) is 6.43. The van der Waals surface area contributed by atoms with E-state index in [-0.39, 0.29) is 36.2 Å². The number of aromatic nitrogens is 5. The van der Waals surface area contributed by atoms with E-state index in [9.17, 15) is 18.3 Å². The van der Waals surface area contributed by atoms with Gasteiger partial charge >= 0.3 is 6.18 Å². The molecule has 1 fully saturated rings. The van der Waals surface area contributed by atoms with E-state index in [1.54, 1.807) is 31.5 Å². The van der Waals surface area contributed by atoms with Crippen LogP contribution < -0.4 is 10.2 Å². The number of benzene rings is 1. The van der Waals surface area contributed by atoms with E-state index in [0.717, 1.165) is 25.7 Å². The van der Waals surface area contributed by atoms with Gasteiger partial charge in [0.05, 0.1) is 17.5 Å². The van der Waals surface area contributed by atoms with Gasteiger partial charge < -0.3 is 19.7 Å². The van der Waals surface area contributed by atoms with Crippen LogP contribution in [0.4, 0.5) is 19.1 Å². The zero-order chi connectivity index (χ0) is 25.6. The Morgan fingerprint density at radius 2 is 1.84 bits per heavy atom. The number of pyridine rings is 1. The fourth-order valence-corrected chi connectivity index (χ4v) is 4.46. The number of imidazole rings is 1. The number of fused-ring (bicyclic) bond motifs is 1. The summed E-state index contributed by atoms with van der Waals surface area (Å²) < 4.78 is 42.4. The first-order valence-electron chi connectivity index (χ1n) is 11.7. The SMILES string of the molecule is Cc1cn2cc(-c3ccc(-c4cnc(N5CCN[C@@H](C(C)C)C5)nn4)c(O)c3)cc(C(F)(F)F)c2n1.Cl.Cl. The normalized spacial score (nSPS) is 15.9. The second-order valence-electron chi connectivity index (χ2n) is 9.38. The molecule has 1 aliphatic heterocycles. The Bertz CT molecular complexity index is 1410. The number of nitrogens with zero attached hydrogens (tertiary/aromatic N) is 6. The number of hydrogen-bond acceptors (Lipinski definition) is 7. The van der Waals surface area contributed by atoms with Crippen molar-refractivity contribution < 1.29 is 18.3 Å². The number of phenolic OH excluding ortho intramolecular Hbond substituents is 1. The summed E-state index contributed by atoms with van der Waals surface area (Å²) in [6, 6.07) is 6.04. The van der Waals surface area contributed by atoms with Gasteiger partial charge in [-0.3, -0.25) is 0 Å². The Morgan fingerprint density at radius 1 is 1.08 bits per heavy atom. The van der Waals surface area contributed by atoms with E-state index in [0.29, 0.717) is 46.0 Å². The van der Waals surface area contributed by atoms with Crippen molar-refractivity contribution in [1.82, 2.24) is 29.9 Å². The highest BCUT2D eigenvalue weighted by molar-refractivity contribution is 5.85. The molecule has 8 nitrogen and oxygen atoms in total. The zero-order valence-corrected chi connectivity index (χ0v) is 22.5. The molecule has 1 atom stereocenters. The Morgan fingerprint density at radius 3 is 2.47 bits per heavy atom. The summed E-state index contributed by atoms with van der Waals surface area (Å²) in [6.45, 7) is 8.34. The topological polar surface area (TPSA) is 91.5 Å². The summed E-state index contributed by atoms with van der Waals surface area (Å²) >= 11 is 0. The number of rotatable bonds is 4. The first-order valence-corrected chi connectivity index (χ1v) is 11.7. The van der Waals surface area contributed by atoms with Crippen molar-refractivity contribution in [2.24, 2.45) is 5.92 Å². The summed E-state index contributed by atoms with van der Waals surface area (Å²) in [5, 5.41) is 22.7. The largest absolute Gasteiger partial charge is 0.507 e. The minimum atomic E-state index is -4.57. The molecule has 1 saturated heterocycles. The maximum Gasteiger partial charge on any atom is 0.420 e. The summed E-state index contributed by atoms with van der Waals surface area (Å²) in [6.07, 6.45) is 0.0746. The van der Waals surface area contributed by atoms with E-state index in [1.165, 1.54) is 16.7 Å². The van der Waals surface area contributed by atoms with Gasteiger partial charge in [-0.15, -0.1) is 35.0 Å². The van der Waals surface area contributed by atoms with Crippen LogP contribution in [0.2, 0.25) is 0 Å². The van der Waals surface area contributed by atoms with Gasteiger partial charge in [0.2, 0.25) is 5.95 Å². The van der Waals surface area contributed by atoms with Crippen LogP contribution in [-0.4, -0.2) is 55.3 Å². The minimum Gasteiger partial charge on any atom is -0.507 e. The zero-order valence-electron chi connectivity index (χ0n) is 20.9. The van der Waals surface area contributed by atoms with Gasteiger partial charge in [-0.05, 0) is 42.2 Å². The molecule has 4 aromatic rings. The predicted octanol–water partition coefficient (Wildman–Crippen LogP) is 5.16. The number of aromatic hydroxyl groups is 1. The molecule has 13 heteroatoms. The van der Waals surface area contributed by atoms with Crippen molar-refractivity contribution in [2.45, 2.75) is 33.0 Å². The van der Waals surface area contributed by atoms with Gasteiger partial charge in [-0.1, -0.05) is 19.9 Å². The van der Waals surface area contributed by atoms with Crippen LogP contribution in [0.25, 0.3) is 28.0 Å². The first kappa shape index (κ1) is 29.4. The van der Waals surface area contributed by atoms with Crippen LogP contribution >= 0.6 is 24.8 Å². The molecule has 4 heterocycles. The fourth-order valence-electron chi connectivity index (χ4n) is 4.46. The molecular formula is C25H28Cl2F3N7O. The molecule has 1 aromatic carbocycles. The molecule has 2 N–H and O–H groups in total. The summed E-state index contributed by atoms with van der Waals surface area (Å²) in [5.74, 6) is 0.862. The maximum atomic E-state index is 13.7. The molecule has 0 unspecified atom stereocenters. The molecule has 0 saturated carbocycles.